The number of aromatic nitrogens is 1. The van der Waals surface area contributed by atoms with Crippen LogP contribution < -0.4 is 4.74 Å². The maximum atomic E-state index is 10.8. The average molecular weight is 340 g/mol. The minimum atomic E-state index is -0.783. The summed E-state index contributed by atoms with van der Waals surface area (Å²) in [5.41, 5.74) is 3.17. The molecular weight excluding hydrogens is 316 g/mol. The molecule has 1 unspecified atom stereocenters. The fraction of sp³-hybridized carbons (Fsp3) is 0.400. The Hall–Kier alpha value is -2.40. The summed E-state index contributed by atoms with van der Waals surface area (Å²) in [4.78, 5) is 17.9. The van der Waals surface area contributed by atoms with Crippen LogP contribution in [0.15, 0.2) is 42.5 Å². The first-order valence-electron chi connectivity index (χ1n) is 8.70. The van der Waals surface area contributed by atoms with Crippen molar-refractivity contribution in [1.82, 2.24) is 9.88 Å². The van der Waals surface area contributed by atoms with Crippen LogP contribution in [-0.4, -0.2) is 34.6 Å². The molecule has 5 nitrogen and oxygen atoms in total. The molecule has 1 saturated heterocycles. The fourth-order valence-electron chi connectivity index (χ4n) is 3.37. The summed E-state index contributed by atoms with van der Waals surface area (Å²) in [5, 5.41) is 8.85. The van der Waals surface area contributed by atoms with Crippen molar-refractivity contribution in [3.8, 4) is 5.75 Å². The third-order valence-corrected chi connectivity index (χ3v) is 4.67. The van der Waals surface area contributed by atoms with Gasteiger partial charge in [-0.2, -0.15) is 0 Å². The van der Waals surface area contributed by atoms with Crippen LogP contribution in [0, 0.1) is 0 Å². The summed E-state index contributed by atoms with van der Waals surface area (Å²) in [6.45, 7) is 1.94. The average Bonchev–Trinajstić information content (AvgIpc) is 3.09. The van der Waals surface area contributed by atoms with Crippen LogP contribution in [-0.2, 0) is 17.8 Å². The van der Waals surface area contributed by atoms with Gasteiger partial charge in [0, 0.05) is 18.7 Å². The third-order valence-electron chi connectivity index (χ3n) is 4.67. The second-order valence-corrected chi connectivity index (χ2v) is 6.42. The summed E-state index contributed by atoms with van der Waals surface area (Å²) in [7, 11) is 1.68. The van der Waals surface area contributed by atoms with Crippen molar-refractivity contribution in [2.75, 3.05) is 13.7 Å². The molecule has 0 radical (unpaired) electrons. The van der Waals surface area contributed by atoms with Gasteiger partial charge in [0.05, 0.1) is 25.3 Å². The predicted molar refractivity (Wildman–Crippen MR) is 95.6 cm³/mol. The number of methoxy groups -OCH3 is 1. The second kappa shape index (κ2) is 8.12. The lowest BCUT2D eigenvalue weighted by Gasteiger charge is -2.24. The summed E-state index contributed by atoms with van der Waals surface area (Å²) in [6, 6.07) is 14.4. The van der Waals surface area contributed by atoms with Gasteiger partial charge in [-0.05, 0) is 49.2 Å². The zero-order valence-corrected chi connectivity index (χ0v) is 14.5. The number of carboxylic acid groups (broad SMARTS) is 1. The highest BCUT2D eigenvalue weighted by molar-refractivity contribution is 5.66. The van der Waals surface area contributed by atoms with Crippen LogP contribution in [0.25, 0.3) is 0 Å². The summed E-state index contributed by atoms with van der Waals surface area (Å²) >= 11 is 0. The molecule has 3 rings (SSSR count). The molecule has 5 heteroatoms. The topological polar surface area (TPSA) is 62.7 Å². The smallest absolute Gasteiger partial charge is 0.303 e. The maximum absolute atomic E-state index is 10.8. The number of pyridine rings is 1. The minimum absolute atomic E-state index is 0.122. The largest absolute Gasteiger partial charge is 0.497 e. The summed E-state index contributed by atoms with van der Waals surface area (Å²) in [5.74, 6) is 0.0868. The molecular formula is C20H24N2O3. The number of hydrogen-bond acceptors (Lipinski definition) is 4. The number of benzene rings is 1. The lowest BCUT2D eigenvalue weighted by Crippen LogP contribution is -2.23. The molecule has 0 bridgehead atoms. The molecule has 1 N–H and O–H groups in total. The highest BCUT2D eigenvalue weighted by Gasteiger charge is 2.27. The van der Waals surface area contributed by atoms with E-state index in [-0.39, 0.29) is 6.42 Å². The van der Waals surface area contributed by atoms with Crippen LogP contribution in [0.3, 0.4) is 0 Å². The van der Waals surface area contributed by atoms with Crippen LogP contribution in [0.4, 0.5) is 0 Å². The highest BCUT2D eigenvalue weighted by Crippen LogP contribution is 2.32. The van der Waals surface area contributed by atoms with E-state index in [1.165, 1.54) is 5.56 Å². The minimum Gasteiger partial charge on any atom is -0.497 e. The number of aryl methyl sites for hydroxylation is 1. The zero-order chi connectivity index (χ0) is 17.6. The lowest BCUT2D eigenvalue weighted by atomic mass is 10.1. The van der Waals surface area contributed by atoms with E-state index in [9.17, 15) is 4.79 Å². The maximum Gasteiger partial charge on any atom is 0.303 e. The Morgan fingerprint density at radius 1 is 1.28 bits per heavy atom. The van der Waals surface area contributed by atoms with Gasteiger partial charge in [-0.1, -0.05) is 18.2 Å². The van der Waals surface area contributed by atoms with Crippen molar-refractivity contribution in [3.05, 3.63) is 59.4 Å². The van der Waals surface area contributed by atoms with E-state index in [1.54, 1.807) is 7.11 Å². The number of hydrogen-bond donors (Lipinski definition) is 1. The molecule has 2 heterocycles. The SMILES string of the molecule is COc1ccc(CN2CCCC2c2cccc(CCC(=O)O)n2)cc1. The molecule has 1 fully saturated rings. The first-order valence-corrected chi connectivity index (χ1v) is 8.70. The quantitative estimate of drug-likeness (QED) is 0.836. The third kappa shape index (κ3) is 4.57. The molecule has 1 aliphatic rings. The molecule has 1 aromatic carbocycles. The van der Waals surface area contributed by atoms with Gasteiger partial charge in [0.25, 0.3) is 0 Å². The Balaban J connectivity index is 1.70. The van der Waals surface area contributed by atoms with E-state index in [0.717, 1.165) is 43.1 Å². The standard InChI is InChI=1S/C20H24N2O3/c1-25-17-10-7-15(8-11-17)14-22-13-3-6-19(22)18-5-2-4-16(21-18)9-12-20(23)24/h2,4-5,7-8,10-11,19H,3,6,9,12-14H2,1H3,(H,23,24). The second-order valence-electron chi connectivity index (χ2n) is 6.42. The van der Waals surface area contributed by atoms with Crippen molar-refractivity contribution in [1.29, 1.82) is 0 Å². The number of nitrogens with zero attached hydrogens (tertiary/aromatic N) is 2. The van der Waals surface area contributed by atoms with Gasteiger partial charge in [-0.3, -0.25) is 14.7 Å². The molecule has 1 aromatic heterocycles. The Bertz CT molecular complexity index is 715. The van der Waals surface area contributed by atoms with Gasteiger partial charge >= 0.3 is 5.97 Å². The van der Waals surface area contributed by atoms with E-state index in [0.29, 0.717) is 12.5 Å². The molecule has 1 atom stereocenters. The van der Waals surface area contributed by atoms with Gasteiger partial charge in [-0.15, -0.1) is 0 Å². The van der Waals surface area contributed by atoms with E-state index in [1.807, 2.05) is 24.3 Å². The molecule has 0 aliphatic carbocycles. The van der Waals surface area contributed by atoms with Crippen molar-refractivity contribution in [2.24, 2.45) is 0 Å². The number of rotatable bonds is 7. The Morgan fingerprint density at radius 3 is 2.80 bits per heavy atom. The van der Waals surface area contributed by atoms with E-state index < -0.39 is 5.97 Å². The van der Waals surface area contributed by atoms with Crippen molar-refractivity contribution >= 4 is 5.97 Å². The van der Waals surface area contributed by atoms with E-state index in [4.69, 9.17) is 14.8 Å². The fourth-order valence-corrected chi connectivity index (χ4v) is 3.37. The van der Waals surface area contributed by atoms with Crippen LogP contribution in [0.2, 0.25) is 0 Å². The summed E-state index contributed by atoms with van der Waals surface area (Å²) in [6.07, 6.45) is 2.85. The van der Waals surface area contributed by atoms with Crippen LogP contribution in [0.5, 0.6) is 5.75 Å². The van der Waals surface area contributed by atoms with Gasteiger partial charge in [0.1, 0.15) is 5.75 Å². The lowest BCUT2D eigenvalue weighted by molar-refractivity contribution is -0.136. The molecule has 25 heavy (non-hydrogen) atoms. The Kier molecular flexibility index (Phi) is 5.66. The van der Waals surface area contributed by atoms with Gasteiger partial charge in [-0.25, -0.2) is 0 Å². The molecule has 0 saturated carbocycles. The Labute approximate surface area is 148 Å². The summed E-state index contributed by atoms with van der Waals surface area (Å²) < 4.78 is 5.22. The number of ether oxygens (including phenoxy) is 1. The molecule has 2 aromatic rings. The van der Waals surface area contributed by atoms with Crippen molar-refractivity contribution in [3.63, 3.8) is 0 Å². The normalized spacial score (nSPS) is 17.6. The number of carboxylic acids is 1. The highest BCUT2D eigenvalue weighted by atomic mass is 16.5. The van der Waals surface area contributed by atoms with Gasteiger partial charge in [0.2, 0.25) is 0 Å². The number of carbonyl (C=O) groups is 1. The van der Waals surface area contributed by atoms with E-state index >= 15 is 0 Å². The molecule has 0 amide bonds. The number of likely N-dealkylation sites (tertiary alicyclic amines) is 1. The molecule has 1 aliphatic heterocycles. The first kappa shape index (κ1) is 17.4. The Morgan fingerprint density at radius 2 is 2.08 bits per heavy atom. The van der Waals surface area contributed by atoms with Gasteiger partial charge in [0.15, 0.2) is 0 Å². The first-order chi connectivity index (χ1) is 12.2. The van der Waals surface area contributed by atoms with Crippen molar-refractivity contribution in [2.45, 2.75) is 38.3 Å². The zero-order valence-electron chi connectivity index (χ0n) is 14.5. The van der Waals surface area contributed by atoms with Crippen LogP contribution in [0.1, 0.15) is 42.3 Å². The predicted octanol–water partition coefficient (Wildman–Crippen LogP) is 3.44. The molecule has 132 valence electrons. The molecule has 0 spiro atoms. The van der Waals surface area contributed by atoms with Gasteiger partial charge < -0.3 is 9.84 Å². The monoisotopic (exact) mass is 340 g/mol. The van der Waals surface area contributed by atoms with E-state index in [2.05, 4.69) is 23.1 Å². The van der Waals surface area contributed by atoms with Crippen LogP contribution >= 0.6 is 0 Å². The number of aliphatic carboxylic acids is 1. The van der Waals surface area contributed by atoms with Crippen molar-refractivity contribution < 1.29 is 14.6 Å².